The number of thioether (sulfide) groups is 1. The lowest BCUT2D eigenvalue weighted by atomic mass is 10.1. The van der Waals surface area contributed by atoms with Crippen LogP contribution in [0.3, 0.4) is 0 Å². The number of carbonyl (C=O) groups is 1. The Morgan fingerprint density at radius 3 is 2.90 bits per heavy atom. The van der Waals surface area contributed by atoms with Crippen molar-refractivity contribution in [3.05, 3.63) is 52.1 Å². The Morgan fingerprint density at radius 1 is 1.45 bits per heavy atom. The van der Waals surface area contributed by atoms with Crippen molar-refractivity contribution in [1.29, 1.82) is 0 Å². The van der Waals surface area contributed by atoms with Gasteiger partial charge in [0.2, 0.25) is 5.88 Å². The molecule has 7 heteroatoms. The molecule has 0 saturated carbocycles. The Kier molecular flexibility index (Phi) is 4.19. The van der Waals surface area contributed by atoms with E-state index in [1.807, 2.05) is 0 Å². The third kappa shape index (κ3) is 3.24. The van der Waals surface area contributed by atoms with Crippen LogP contribution in [0.4, 0.5) is 4.39 Å². The molecule has 0 aliphatic heterocycles. The standard InChI is InChI=1S/C13H11FN2O3S/c1-16-12(19)6-11(18)15-13(16)20-7-10(17)8-3-2-4-9(14)5-8/h2-6,18H,7H2,1H3. The molecule has 0 unspecified atom stereocenters. The molecule has 0 spiro atoms. The van der Waals surface area contributed by atoms with Gasteiger partial charge in [0.15, 0.2) is 10.9 Å². The fraction of sp³-hybridized carbons (Fsp3) is 0.154. The van der Waals surface area contributed by atoms with Gasteiger partial charge in [-0.3, -0.25) is 14.2 Å². The van der Waals surface area contributed by atoms with Crippen molar-refractivity contribution >= 4 is 17.5 Å². The zero-order valence-corrected chi connectivity index (χ0v) is 11.4. The van der Waals surface area contributed by atoms with E-state index in [-0.39, 0.29) is 22.3 Å². The minimum absolute atomic E-state index is 0.00676. The molecule has 2 aromatic rings. The first-order valence-electron chi connectivity index (χ1n) is 5.66. The summed E-state index contributed by atoms with van der Waals surface area (Å²) in [6, 6.07) is 6.36. The van der Waals surface area contributed by atoms with Crippen LogP contribution < -0.4 is 5.56 Å². The highest BCUT2D eigenvalue weighted by molar-refractivity contribution is 7.99. The van der Waals surface area contributed by atoms with Gasteiger partial charge in [0.05, 0.1) is 11.8 Å². The molecule has 1 N–H and O–H groups in total. The summed E-state index contributed by atoms with van der Waals surface area (Å²) < 4.78 is 14.2. The zero-order valence-electron chi connectivity index (χ0n) is 10.5. The average Bonchev–Trinajstić information content (AvgIpc) is 2.40. The van der Waals surface area contributed by atoms with Gasteiger partial charge in [-0.15, -0.1) is 0 Å². The van der Waals surface area contributed by atoms with Crippen molar-refractivity contribution in [2.24, 2.45) is 7.05 Å². The molecule has 2 rings (SSSR count). The highest BCUT2D eigenvalue weighted by Crippen LogP contribution is 2.17. The second kappa shape index (κ2) is 5.87. The number of halogens is 1. The van der Waals surface area contributed by atoms with E-state index in [2.05, 4.69) is 4.98 Å². The number of carbonyl (C=O) groups excluding carboxylic acids is 1. The lowest BCUT2D eigenvalue weighted by molar-refractivity contribution is 0.102. The van der Waals surface area contributed by atoms with Crippen LogP contribution in [0.15, 0.2) is 40.3 Å². The molecular weight excluding hydrogens is 283 g/mol. The Bertz CT molecular complexity index is 715. The molecule has 0 aliphatic carbocycles. The molecular formula is C13H11FN2O3S. The van der Waals surface area contributed by atoms with Gasteiger partial charge in [-0.05, 0) is 12.1 Å². The SMILES string of the molecule is Cn1c(SCC(=O)c2cccc(F)c2)nc(O)cc1=O. The maximum atomic E-state index is 13.0. The number of ketones is 1. The van der Waals surface area contributed by atoms with Crippen LogP contribution in [0.25, 0.3) is 0 Å². The van der Waals surface area contributed by atoms with Crippen LogP contribution in [-0.4, -0.2) is 26.2 Å². The fourth-order valence-corrected chi connectivity index (χ4v) is 2.38. The maximum Gasteiger partial charge on any atom is 0.257 e. The van der Waals surface area contributed by atoms with Gasteiger partial charge in [0.25, 0.3) is 5.56 Å². The predicted molar refractivity (Wildman–Crippen MR) is 72.6 cm³/mol. The van der Waals surface area contributed by atoms with Crippen LogP contribution in [0.5, 0.6) is 5.88 Å². The van der Waals surface area contributed by atoms with Gasteiger partial charge in [0, 0.05) is 12.6 Å². The fourth-order valence-electron chi connectivity index (χ4n) is 1.51. The van der Waals surface area contributed by atoms with Crippen LogP contribution >= 0.6 is 11.8 Å². The van der Waals surface area contributed by atoms with Gasteiger partial charge >= 0.3 is 0 Å². The summed E-state index contributed by atoms with van der Waals surface area (Å²) in [6.45, 7) is 0. The van der Waals surface area contributed by atoms with Crippen LogP contribution in [0.2, 0.25) is 0 Å². The van der Waals surface area contributed by atoms with E-state index in [1.165, 1.54) is 29.8 Å². The van der Waals surface area contributed by atoms with Crippen LogP contribution in [0, 0.1) is 5.82 Å². The highest BCUT2D eigenvalue weighted by atomic mass is 32.2. The van der Waals surface area contributed by atoms with Crippen molar-refractivity contribution in [3.63, 3.8) is 0 Å². The van der Waals surface area contributed by atoms with Crippen molar-refractivity contribution < 1.29 is 14.3 Å². The quantitative estimate of drug-likeness (QED) is 0.527. The first-order valence-corrected chi connectivity index (χ1v) is 6.64. The molecule has 5 nitrogen and oxygen atoms in total. The summed E-state index contributed by atoms with van der Waals surface area (Å²) in [6.07, 6.45) is 0. The molecule has 1 aromatic heterocycles. The van der Waals surface area contributed by atoms with Crippen molar-refractivity contribution in [2.45, 2.75) is 5.16 Å². The normalized spacial score (nSPS) is 10.5. The third-order valence-electron chi connectivity index (χ3n) is 2.56. The minimum Gasteiger partial charge on any atom is -0.493 e. The molecule has 20 heavy (non-hydrogen) atoms. The Morgan fingerprint density at radius 2 is 2.20 bits per heavy atom. The highest BCUT2D eigenvalue weighted by Gasteiger charge is 2.11. The summed E-state index contributed by atoms with van der Waals surface area (Å²) in [5, 5.41) is 9.49. The summed E-state index contributed by atoms with van der Waals surface area (Å²) in [4.78, 5) is 27.1. The van der Waals surface area contributed by atoms with E-state index < -0.39 is 17.3 Å². The van der Waals surface area contributed by atoms with E-state index in [0.717, 1.165) is 23.9 Å². The number of aromatic hydroxyl groups is 1. The second-order valence-electron chi connectivity index (χ2n) is 4.02. The maximum absolute atomic E-state index is 13.0. The first kappa shape index (κ1) is 14.3. The van der Waals surface area contributed by atoms with E-state index in [4.69, 9.17) is 0 Å². The Labute approximate surface area is 118 Å². The third-order valence-corrected chi connectivity index (χ3v) is 3.59. The molecule has 1 aromatic carbocycles. The van der Waals surface area contributed by atoms with Gasteiger partial charge < -0.3 is 5.11 Å². The van der Waals surface area contributed by atoms with E-state index in [0.29, 0.717) is 0 Å². The van der Waals surface area contributed by atoms with Gasteiger partial charge in [-0.2, -0.15) is 4.98 Å². The second-order valence-corrected chi connectivity index (χ2v) is 4.96. The summed E-state index contributed by atoms with van der Waals surface area (Å²) in [7, 11) is 1.49. The Balaban J connectivity index is 2.13. The first-order chi connectivity index (χ1) is 9.47. The molecule has 0 atom stereocenters. The van der Waals surface area contributed by atoms with E-state index in [1.54, 1.807) is 0 Å². The number of Topliss-reactive ketones (excluding diaryl/α,β-unsaturated/α-hetero) is 1. The zero-order chi connectivity index (χ0) is 14.7. The average molecular weight is 294 g/mol. The Hall–Kier alpha value is -2.15. The molecule has 0 fully saturated rings. The monoisotopic (exact) mass is 294 g/mol. The van der Waals surface area contributed by atoms with E-state index >= 15 is 0 Å². The number of hydrogen-bond donors (Lipinski definition) is 1. The molecule has 0 amide bonds. The lowest BCUT2D eigenvalue weighted by Crippen LogP contribution is -2.18. The molecule has 0 aliphatic rings. The summed E-state index contributed by atoms with van der Waals surface area (Å²) in [5.74, 6) is -1.17. The molecule has 104 valence electrons. The van der Waals surface area contributed by atoms with Gasteiger partial charge in [0.1, 0.15) is 5.82 Å². The van der Waals surface area contributed by atoms with Crippen LogP contribution in [0.1, 0.15) is 10.4 Å². The smallest absolute Gasteiger partial charge is 0.257 e. The number of nitrogens with zero attached hydrogens (tertiary/aromatic N) is 2. The van der Waals surface area contributed by atoms with Crippen LogP contribution in [-0.2, 0) is 7.05 Å². The number of aromatic nitrogens is 2. The van der Waals surface area contributed by atoms with Gasteiger partial charge in [-0.25, -0.2) is 4.39 Å². The molecule has 0 saturated heterocycles. The molecule has 0 radical (unpaired) electrons. The van der Waals surface area contributed by atoms with Gasteiger partial charge in [-0.1, -0.05) is 23.9 Å². The van der Waals surface area contributed by atoms with Crippen molar-refractivity contribution in [2.75, 3.05) is 5.75 Å². The summed E-state index contributed by atoms with van der Waals surface area (Å²) in [5.41, 5.74) is -0.166. The number of benzene rings is 1. The van der Waals surface area contributed by atoms with Crippen molar-refractivity contribution in [1.82, 2.24) is 9.55 Å². The topological polar surface area (TPSA) is 72.2 Å². The minimum atomic E-state index is -0.483. The largest absolute Gasteiger partial charge is 0.493 e. The molecule has 0 bridgehead atoms. The molecule has 1 heterocycles. The van der Waals surface area contributed by atoms with E-state index in [9.17, 15) is 19.1 Å². The van der Waals surface area contributed by atoms with Crippen molar-refractivity contribution in [3.8, 4) is 5.88 Å². The summed E-state index contributed by atoms with van der Waals surface area (Å²) >= 11 is 1.00. The lowest BCUT2D eigenvalue weighted by Gasteiger charge is -2.06. The number of hydrogen-bond acceptors (Lipinski definition) is 5. The predicted octanol–water partition coefficient (Wildman–Crippen LogP) is 1.60. The number of rotatable bonds is 4.